The second-order valence-corrected chi connectivity index (χ2v) is 11.7. The van der Waals surface area contributed by atoms with Crippen molar-refractivity contribution in [3.63, 3.8) is 0 Å². The van der Waals surface area contributed by atoms with E-state index in [4.69, 9.17) is 20.9 Å². The highest BCUT2D eigenvalue weighted by molar-refractivity contribution is 5.98. The highest BCUT2D eigenvalue weighted by Gasteiger charge is 2.44. The molecule has 2 saturated carbocycles. The van der Waals surface area contributed by atoms with E-state index in [0.29, 0.717) is 24.9 Å². The van der Waals surface area contributed by atoms with Gasteiger partial charge in [-0.1, -0.05) is 33.3 Å². The van der Waals surface area contributed by atoms with Crippen LogP contribution in [0.25, 0.3) is 6.20 Å². The fraction of sp³-hybridized carbons (Fsp3) is 0.667. The number of ether oxygens (including phenoxy) is 2. The zero-order valence-corrected chi connectivity index (χ0v) is 23.4. The largest absolute Gasteiger partial charge is 0.477 e. The van der Waals surface area contributed by atoms with E-state index in [1.165, 1.54) is 17.1 Å². The molecule has 12 nitrogen and oxygen atoms in total. The van der Waals surface area contributed by atoms with Gasteiger partial charge in [0, 0.05) is 12.2 Å². The Hall–Kier alpha value is -3.57. The van der Waals surface area contributed by atoms with Gasteiger partial charge in [0.2, 0.25) is 11.8 Å². The van der Waals surface area contributed by atoms with Crippen LogP contribution in [0.5, 0.6) is 5.88 Å². The molecule has 2 bridgehead atoms. The molecule has 3 rings (SSSR count). The van der Waals surface area contributed by atoms with Crippen molar-refractivity contribution in [2.75, 3.05) is 6.61 Å². The molecule has 12 heteroatoms. The zero-order valence-electron chi connectivity index (χ0n) is 23.4. The number of imide groups is 1. The number of urea groups is 1. The van der Waals surface area contributed by atoms with Crippen molar-refractivity contribution >= 4 is 30.1 Å². The van der Waals surface area contributed by atoms with E-state index in [2.05, 4.69) is 22.7 Å². The van der Waals surface area contributed by atoms with Crippen molar-refractivity contribution < 1.29 is 28.7 Å². The van der Waals surface area contributed by atoms with Gasteiger partial charge in [-0.15, -0.1) is 0 Å². The van der Waals surface area contributed by atoms with E-state index in [9.17, 15) is 19.2 Å². The predicted octanol–water partition coefficient (Wildman–Crippen LogP) is 3.02. The van der Waals surface area contributed by atoms with Gasteiger partial charge in [0.1, 0.15) is 11.7 Å². The van der Waals surface area contributed by atoms with Gasteiger partial charge >= 0.3 is 12.1 Å². The summed E-state index contributed by atoms with van der Waals surface area (Å²) in [7, 11) is 0. The van der Waals surface area contributed by atoms with Gasteiger partial charge in [0.15, 0.2) is 0 Å². The number of carbonyl (C=O) groups is 4. The molecule has 5 amide bonds. The molecule has 1 aromatic rings. The number of nitrogens with one attached hydrogen (secondary N) is 2. The minimum atomic E-state index is -1.09. The minimum Gasteiger partial charge on any atom is -0.477 e. The average molecular weight is 547 g/mol. The van der Waals surface area contributed by atoms with Gasteiger partial charge in [-0.25, -0.2) is 14.3 Å². The van der Waals surface area contributed by atoms with E-state index >= 15 is 0 Å². The smallest absolute Gasteiger partial charge is 0.404 e. The SMILES string of the molecule is CCC1CC2CC(C[C@@H](OC(N)=O)C2)[C@@H]1NC(=O)c1cnn(/C=C/C(C)(C)C(=O)NC(N)=O)c1OCC(C)C. The van der Waals surface area contributed by atoms with Gasteiger partial charge in [-0.2, -0.15) is 5.10 Å². The number of hydrogen-bond acceptors (Lipinski definition) is 7. The van der Waals surface area contributed by atoms with Crippen molar-refractivity contribution in [2.45, 2.75) is 78.9 Å². The Bertz CT molecular complexity index is 1100. The summed E-state index contributed by atoms with van der Waals surface area (Å²) in [5, 5.41) is 9.64. The molecule has 1 heterocycles. The summed E-state index contributed by atoms with van der Waals surface area (Å²) in [5.74, 6) is 0.451. The summed E-state index contributed by atoms with van der Waals surface area (Å²) < 4.78 is 12.7. The Labute approximate surface area is 229 Å². The summed E-state index contributed by atoms with van der Waals surface area (Å²) in [6.07, 6.45) is 7.79. The van der Waals surface area contributed by atoms with Crippen LogP contribution in [0.15, 0.2) is 12.3 Å². The molecule has 0 spiro atoms. The fourth-order valence-electron chi connectivity index (χ4n) is 5.63. The molecule has 1 aromatic heterocycles. The van der Waals surface area contributed by atoms with Crippen LogP contribution in [-0.2, 0) is 9.53 Å². The molecule has 5 atom stereocenters. The van der Waals surface area contributed by atoms with Crippen LogP contribution < -0.4 is 26.8 Å². The Morgan fingerprint density at radius 1 is 1.18 bits per heavy atom. The van der Waals surface area contributed by atoms with Crippen molar-refractivity contribution in [3.8, 4) is 5.88 Å². The number of rotatable bonds is 10. The Morgan fingerprint density at radius 3 is 2.51 bits per heavy atom. The van der Waals surface area contributed by atoms with Gasteiger partial charge in [0.25, 0.3) is 5.91 Å². The van der Waals surface area contributed by atoms with E-state index in [-0.39, 0.29) is 41.3 Å². The van der Waals surface area contributed by atoms with Crippen LogP contribution in [0.2, 0.25) is 0 Å². The third-order valence-corrected chi connectivity index (χ3v) is 7.56. The molecule has 3 unspecified atom stereocenters. The lowest BCUT2D eigenvalue weighted by molar-refractivity contribution is -0.125. The number of nitrogens with two attached hydrogens (primary N) is 2. The number of primary amides is 2. The van der Waals surface area contributed by atoms with Crippen LogP contribution in [0, 0.1) is 29.1 Å². The molecule has 0 aromatic carbocycles. The standard InChI is InChI=1S/C27H42N6O6/c1-6-17-9-16-10-18(12-19(11-16)39-26(29)37)21(17)31-22(34)20-13-30-33(23(20)38-14-15(2)3)8-7-27(4,5)24(35)32-25(28)36/h7-8,13,15-19,21H,6,9-12,14H2,1-5H3,(H2,29,37)(H,31,34)(H3,28,32,35,36)/b8-7+/t16?,17?,18?,19-,21+/m0/s1. The normalized spacial score (nSPS) is 24.8. The van der Waals surface area contributed by atoms with Crippen LogP contribution in [0.1, 0.15) is 77.1 Å². The topological polar surface area (TPSA) is 181 Å². The van der Waals surface area contributed by atoms with Gasteiger partial charge in [0.05, 0.1) is 18.2 Å². The lowest BCUT2D eigenvalue weighted by Gasteiger charge is -2.47. The van der Waals surface area contributed by atoms with E-state index in [0.717, 1.165) is 25.7 Å². The molecular formula is C27H42N6O6. The number of hydrogen-bond donors (Lipinski definition) is 4. The van der Waals surface area contributed by atoms with Crippen molar-refractivity contribution in [3.05, 3.63) is 17.8 Å². The average Bonchev–Trinajstić information content (AvgIpc) is 3.25. The van der Waals surface area contributed by atoms with Crippen LogP contribution in [0.4, 0.5) is 9.59 Å². The maximum atomic E-state index is 13.6. The summed E-state index contributed by atoms with van der Waals surface area (Å²) in [4.78, 5) is 48.4. The number of fused-ring (bicyclic) bond motifs is 2. The first-order valence-electron chi connectivity index (χ1n) is 13.6. The van der Waals surface area contributed by atoms with Crippen molar-refractivity contribution in [1.29, 1.82) is 0 Å². The quantitative estimate of drug-likeness (QED) is 0.348. The molecule has 39 heavy (non-hydrogen) atoms. The fourth-order valence-corrected chi connectivity index (χ4v) is 5.63. The molecule has 2 aliphatic rings. The summed E-state index contributed by atoms with van der Waals surface area (Å²) in [6, 6.07) is -1.03. The molecule has 0 saturated heterocycles. The summed E-state index contributed by atoms with van der Waals surface area (Å²) in [5.41, 5.74) is 9.54. The van der Waals surface area contributed by atoms with Gasteiger partial charge in [-0.05, 0) is 63.2 Å². The van der Waals surface area contributed by atoms with E-state index < -0.39 is 23.4 Å². The molecule has 216 valence electrons. The van der Waals surface area contributed by atoms with Crippen LogP contribution in [0.3, 0.4) is 0 Å². The predicted molar refractivity (Wildman–Crippen MR) is 144 cm³/mol. The lowest BCUT2D eigenvalue weighted by Crippen LogP contribution is -2.52. The Kier molecular flexibility index (Phi) is 9.63. The summed E-state index contributed by atoms with van der Waals surface area (Å²) in [6.45, 7) is 9.69. The first-order chi connectivity index (χ1) is 18.3. The molecule has 6 N–H and O–H groups in total. The van der Waals surface area contributed by atoms with Crippen LogP contribution >= 0.6 is 0 Å². The first kappa shape index (κ1) is 30.0. The molecular weight excluding hydrogens is 504 g/mol. The molecule has 2 fully saturated rings. The second kappa shape index (κ2) is 12.5. The number of amides is 5. The first-order valence-corrected chi connectivity index (χ1v) is 13.6. The maximum Gasteiger partial charge on any atom is 0.404 e. The molecule has 0 radical (unpaired) electrons. The third-order valence-electron chi connectivity index (χ3n) is 7.56. The maximum absolute atomic E-state index is 13.6. The number of carbonyl (C=O) groups excluding carboxylic acids is 4. The van der Waals surface area contributed by atoms with Crippen molar-refractivity contribution in [2.24, 2.45) is 40.6 Å². The van der Waals surface area contributed by atoms with Gasteiger partial charge in [-0.3, -0.25) is 14.9 Å². The summed E-state index contributed by atoms with van der Waals surface area (Å²) >= 11 is 0. The minimum absolute atomic E-state index is 0.0914. The highest BCUT2D eigenvalue weighted by Crippen LogP contribution is 2.45. The molecule has 0 aliphatic heterocycles. The lowest BCUT2D eigenvalue weighted by atomic mass is 9.63. The van der Waals surface area contributed by atoms with E-state index in [1.54, 1.807) is 19.9 Å². The van der Waals surface area contributed by atoms with E-state index in [1.807, 2.05) is 13.8 Å². The van der Waals surface area contributed by atoms with Crippen molar-refractivity contribution in [1.82, 2.24) is 20.4 Å². The Balaban J connectivity index is 1.83. The second-order valence-electron chi connectivity index (χ2n) is 11.7. The third kappa shape index (κ3) is 7.73. The number of nitrogens with zero attached hydrogens (tertiary/aromatic N) is 2. The monoisotopic (exact) mass is 546 g/mol. The Morgan fingerprint density at radius 2 is 1.90 bits per heavy atom. The van der Waals surface area contributed by atoms with Crippen LogP contribution in [-0.4, -0.2) is 52.5 Å². The van der Waals surface area contributed by atoms with Gasteiger partial charge < -0.3 is 26.3 Å². The number of aromatic nitrogens is 2. The molecule has 2 aliphatic carbocycles. The highest BCUT2D eigenvalue weighted by atomic mass is 16.6. The zero-order chi connectivity index (χ0) is 28.9.